The molecule has 126 valence electrons. The van der Waals surface area contributed by atoms with E-state index in [9.17, 15) is 4.79 Å². The summed E-state index contributed by atoms with van der Waals surface area (Å²) >= 11 is 1.55. The van der Waals surface area contributed by atoms with E-state index in [-0.39, 0.29) is 5.91 Å². The fraction of sp³-hybridized carbons (Fsp3) is 0.100. The second kappa shape index (κ2) is 8.35. The molecule has 1 heterocycles. The van der Waals surface area contributed by atoms with Crippen molar-refractivity contribution in [3.8, 4) is 5.75 Å². The van der Waals surface area contributed by atoms with Gasteiger partial charge in [-0.05, 0) is 30.5 Å². The van der Waals surface area contributed by atoms with Crippen LogP contribution in [0.15, 0.2) is 84.0 Å². The first-order valence-electron chi connectivity index (χ1n) is 7.84. The molecule has 1 amide bonds. The number of rotatable bonds is 6. The smallest absolute Gasteiger partial charge is 0.270 e. The average Bonchev–Trinajstić information content (AvgIpc) is 2.68. The van der Waals surface area contributed by atoms with Gasteiger partial charge in [0.25, 0.3) is 5.91 Å². The second-order valence-electron chi connectivity index (χ2n) is 5.30. The number of nitrogens with zero attached hydrogens (tertiary/aromatic N) is 1. The van der Waals surface area contributed by atoms with Crippen molar-refractivity contribution in [2.75, 3.05) is 11.6 Å². The summed E-state index contributed by atoms with van der Waals surface area (Å²) in [5.74, 6) is 0.399. The minimum absolute atomic E-state index is 0.242. The summed E-state index contributed by atoms with van der Waals surface area (Å²) in [5.41, 5.74) is 1.43. The van der Waals surface area contributed by atoms with Crippen molar-refractivity contribution in [2.45, 2.75) is 11.1 Å². The predicted molar refractivity (Wildman–Crippen MR) is 101 cm³/mol. The number of aromatic nitrogens is 1. The van der Waals surface area contributed by atoms with E-state index in [2.05, 4.69) is 10.3 Å². The predicted octanol–water partition coefficient (Wildman–Crippen LogP) is 4.56. The van der Waals surface area contributed by atoms with Gasteiger partial charge in [0.05, 0.1) is 16.9 Å². The molecule has 0 fully saturated rings. The monoisotopic (exact) mass is 350 g/mol. The number of nitrogens with one attached hydrogen (secondary N) is 1. The number of amides is 1. The lowest BCUT2D eigenvalue weighted by molar-refractivity contribution is -0.123. The van der Waals surface area contributed by atoms with Crippen molar-refractivity contribution in [1.29, 1.82) is 0 Å². The molecular weight excluding hydrogens is 332 g/mol. The number of carbonyl (C=O) groups excluding carboxylic acids is 1. The first kappa shape index (κ1) is 17.0. The minimum atomic E-state index is -0.746. The van der Waals surface area contributed by atoms with Crippen molar-refractivity contribution in [3.05, 3.63) is 84.6 Å². The summed E-state index contributed by atoms with van der Waals surface area (Å²) in [6.07, 6.45) is 2.86. The highest BCUT2D eigenvalue weighted by Crippen LogP contribution is 2.24. The molecule has 25 heavy (non-hydrogen) atoms. The molecule has 0 bridgehead atoms. The number of thioether (sulfide) groups is 1. The van der Waals surface area contributed by atoms with E-state index in [0.717, 1.165) is 10.6 Å². The van der Waals surface area contributed by atoms with Gasteiger partial charge in [0.1, 0.15) is 5.75 Å². The maximum atomic E-state index is 12.8. The van der Waals surface area contributed by atoms with Crippen LogP contribution in [-0.4, -0.2) is 17.1 Å². The minimum Gasteiger partial charge on any atom is -0.476 e. The molecule has 1 aromatic heterocycles. The maximum absolute atomic E-state index is 12.8. The number of benzene rings is 2. The molecule has 0 spiro atoms. The van der Waals surface area contributed by atoms with Gasteiger partial charge >= 0.3 is 0 Å². The van der Waals surface area contributed by atoms with E-state index in [4.69, 9.17) is 4.74 Å². The number of para-hydroxylation sites is 1. The van der Waals surface area contributed by atoms with Crippen LogP contribution in [0, 0.1) is 0 Å². The molecule has 0 aliphatic rings. The molecule has 4 nitrogen and oxygen atoms in total. The SMILES string of the molecule is CSc1ccc(NC(=O)C(Oc2ccccc2)c2ccccc2)cn1. The van der Waals surface area contributed by atoms with Crippen molar-refractivity contribution < 1.29 is 9.53 Å². The second-order valence-corrected chi connectivity index (χ2v) is 6.13. The first-order chi connectivity index (χ1) is 12.3. The van der Waals surface area contributed by atoms with Gasteiger partial charge in [-0.3, -0.25) is 4.79 Å². The molecule has 0 radical (unpaired) electrons. The molecule has 1 unspecified atom stereocenters. The summed E-state index contributed by atoms with van der Waals surface area (Å²) in [4.78, 5) is 17.1. The van der Waals surface area contributed by atoms with Gasteiger partial charge in [-0.15, -0.1) is 11.8 Å². The summed E-state index contributed by atoms with van der Waals surface area (Å²) in [7, 11) is 0. The summed E-state index contributed by atoms with van der Waals surface area (Å²) in [5, 5.41) is 3.78. The number of carbonyl (C=O) groups is 1. The lowest BCUT2D eigenvalue weighted by atomic mass is 10.1. The molecule has 2 aromatic carbocycles. The quantitative estimate of drug-likeness (QED) is 0.662. The van der Waals surface area contributed by atoms with Crippen molar-refractivity contribution in [2.24, 2.45) is 0 Å². The van der Waals surface area contributed by atoms with Gasteiger partial charge in [-0.1, -0.05) is 48.5 Å². The third kappa shape index (κ3) is 4.61. The van der Waals surface area contributed by atoms with E-state index in [1.807, 2.05) is 79.1 Å². The Bertz CT molecular complexity index is 808. The van der Waals surface area contributed by atoms with Gasteiger partial charge in [0.2, 0.25) is 6.10 Å². The van der Waals surface area contributed by atoms with E-state index < -0.39 is 6.10 Å². The largest absolute Gasteiger partial charge is 0.476 e. The highest BCUT2D eigenvalue weighted by Gasteiger charge is 2.22. The zero-order chi connectivity index (χ0) is 17.5. The number of pyridine rings is 1. The average molecular weight is 350 g/mol. The van der Waals surface area contributed by atoms with E-state index in [0.29, 0.717) is 11.4 Å². The molecule has 0 aliphatic carbocycles. The topological polar surface area (TPSA) is 51.2 Å². The Morgan fingerprint density at radius 3 is 2.28 bits per heavy atom. The number of anilines is 1. The number of hydrogen-bond donors (Lipinski definition) is 1. The molecule has 3 rings (SSSR count). The molecule has 0 saturated carbocycles. The van der Waals surface area contributed by atoms with Crippen molar-refractivity contribution in [1.82, 2.24) is 4.98 Å². The third-order valence-corrected chi connectivity index (χ3v) is 4.21. The lowest BCUT2D eigenvalue weighted by Crippen LogP contribution is -2.25. The van der Waals surface area contributed by atoms with Gasteiger partial charge < -0.3 is 10.1 Å². The normalized spacial score (nSPS) is 11.6. The zero-order valence-corrected chi connectivity index (χ0v) is 14.6. The van der Waals surface area contributed by atoms with Gasteiger partial charge in [-0.2, -0.15) is 0 Å². The van der Waals surface area contributed by atoms with E-state index in [1.54, 1.807) is 18.0 Å². The molecule has 1 N–H and O–H groups in total. The summed E-state index contributed by atoms with van der Waals surface area (Å²) in [6.45, 7) is 0. The van der Waals surface area contributed by atoms with Gasteiger partial charge in [0, 0.05) is 5.56 Å². The Kier molecular flexibility index (Phi) is 5.69. The Morgan fingerprint density at radius 1 is 1.00 bits per heavy atom. The maximum Gasteiger partial charge on any atom is 0.270 e. The molecule has 0 aliphatic heterocycles. The highest BCUT2D eigenvalue weighted by molar-refractivity contribution is 7.98. The fourth-order valence-corrected chi connectivity index (χ4v) is 2.68. The van der Waals surface area contributed by atoms with Crippen LogP contribution in [0.5, 0.6) is 5.75 Å². The van der Waals surface area contributed by atoms with Crippen LogP contribution in [0.2, 0.25) is 0 Å². The third-order valence-electron chi connectivity index (χ3n) is 3.55. The number of ether oxygens (including phenoxy) is 1. The molecule has 0 saturated heterocycles. The van der Waals surface area contributed by atoms with Crippen molar-refractivity contribution >= 4 is 23.4 Å². The number of hydrogen-bond acceptors (Lipinski definition) is 4. The lowest BCUT2D eigenvalue weighted by Gasteiger charge is -2.19. The zero-order valence-electron chi connectivity index (χ0n) is 13.8. The van der Waals surface area contributed by atoms with Crippen LogP contribution in [0.1, 0.15) is 11.7 Å². The Morgan fingerprint density at radius 2 is 1.68 bits per heavy atom. The van der Waals surface area contributed by atoms with Crippen molar-refractivity contribution in [3.63, 3.8) is 0 Å². The highest BCUT2D eigenvalue weighted by atomic mass is 32.2. The van der Waals surface area contributed by atoms with Crippen LogP contribution >= 0.6 is 11.8 Å². The van der Waals surface area contributed by atoms with Crippen LogP contribution in [-0.2, 0) is 4.79 Å². The van der Waals surface area contributed by atoms with Gasteiger partial charge in [0.15, 0.2) is 0 Å². The molecule has 5 heteroatoms. The molecular formula is C20H18N2O2S. The van der Waals surface area contributed by atoms with Crippen LogP contribution in [0.3, 0.4) is 0 Å². The van der Waals surface area contributed by atoms with Crippen LogP contribution in [0.4, 0.5) is 5.69 Å². The standard InChI is InChI=1S/C20H18N2O2S/c1-25-18-13-12-16(14-21-18)22-20(23)19(15-8-4-2-5-9-15)24-17-10-6-3-7-11-17/h2-14,19H,1H3,(H,22,23). The summed E-state index contributed by atoms with van der Waals surface area (Å²) in [6, 6.07) is 22.5. The van der Waals surface area contributed by atoms with Gasteiger partial charge in [-0.25, -0.2) is 4.98 Å². The van der Waals surface area contributed by atoms with Crippen LogP contribution < -0.4 is 10.1 Å². The Hall–Kier alpha value is -2.79. The Labute approximate surface area is 151 Å². The summed E-state index contributed by atoms with van der Waals surface area (Å²) < 4.78 is 5.94. The van der Waals surface area contributed by atoms with E-state index in [1.165, 1.54) is 0 Å². The first-order valence-corrected chi connectivity index (χ1v) is 9.06. The molecule has 1 atom stereocenters. The van der Waals surface area contributed by atoms with E-state index >= 15 is 0 Å². The molecule has 3 aromatic rings. The van der Waals surface area contributed by atoms with Crippen LogP contribution in [0.25, 0.3) is 0 Å². The Balaban J connectivity index is 1.81. The fourth-order valence-electron chi connectivity index (χ4n) is 2.32.